The van der Waals surface area contributed by atoms with Gasteiger partial charge in [-0.2, -0.15) is 13.2 Å². The average molecular weight is 410 g/mol. The number of amides is 1. The molecule has 2 heterocycles. The molecule has 1 aromatic carbocycles. The van der Waals surface area contributed by atoms with Gasteiger partial charge in [0, 0.05) is 11.5 Å². The van der Waals surface area contributed by atoms with Gasteiger partial charge in [-0.05, 0) is 31.9 Å². The Labute approximate surface area is 160 Å². The molecule has 4 rings (SSSR count). The second-order valence-corrected chi connectivity index (χ2v) is 8.19. The van der Waals surface area contributed by atoms with Crippen LogP contribution in [0.1, 0.15) is 44.7 Å². The van der Waals surface area contributed by atoms with Crippen molar-refractivity contribution in [1.29, 1.82) is 0 Å². The molecule has 140 valence electrons. The van der Waals surface area contributed by atoms with Crippen molar-refractivity contribution >= 4 is 33.7 Å². The van der Waals surface area contributed by atoms with Crippen molar-refractivity contribution in [3.05, 3.63) is 45.4 Å². The van der Waals surface area contributed by atoms with Crippen molar-refractivity contribution in [2.24, 2.45) is 0 Å². The molecule has 0 aliphatic heterocycles. The average Bonchev–Trinajstić information content (AvgIpc) is 3.24. The third-order valence-electron chi connectivity index (χ3n) is 4.05. The van der Waals surface area contributed by atoms with Gasteiger partial charge in [-0.25, -0.2) is 4.98 Å². The van der Waals surface area contributed by atoms with Crippen LogP contribution in [0.3, 0.4) is 0 Å². The smallest absolute Gasteiger partial charge is 0.296 e. The van der Waals surface area contributed by atoms with Gasteiger partial charge in [-0.3, -0.25) is 10.1 Å². The molecule has 1 aliphatic carbocycles. The molecule has 0 spiro atoms. The van der Waals surface area contributed by atoms with Crippen LogP contribution in [0.15, 0.2) is 24.3 Å². The molecule has 5 nitrogen and oxygen atoms in total. The summed E-state index contributed by atoms with van der Waals surface area (Å²) < 4.78 is 38.0. The molecule has 0 saturated heterocycles. The summed E-state index contributed by atoms with van der Waals surface area (Å²) in [4.78, 5) is 17.2. The van der Waals surface area contributed by atoms with E-state index in [4.69, 9.17) is 0 Å². The summed E-state index contributed by atoms with van der Waals surface area (Å²) in [5.74, 6) is 0.117. The zero-order valence-corrected chi connectivity index (χ0v) is 15.6. The largest absolute Gasteiger partial charge is 0.416 e. The van der Waals surface area contributed by atoms with Crippen LogP contribution in [0.2, 0.25) is 0 Å². The van der Waals surface area contributed by atoms with Crippen molar-refractivity contribution in [1.82, 2.24) is 15.2 Å². The highest BCUT2D eigenvalue weighted by molar-refractivity contribution is 7.17. The number of aromatic nitrogens is 3. The number of benzene rings is 1. The monoisotopic (exact) mass is 410 g/mol. The summed E-state index contributed by atoms with van der Waals surface area (Å²) in [6.07, 6.45) is -2.18. The van der Waals surface area contributed by atoms with Crippen LogP contribution in [0.25, 0.3) is 10.6 Å². The first kappa shape index (κ1) is 18.1. The second-order valence-electron chi connectivity index (χ2n) is 6.18. The summed E-state index contributed by atoms with van der Waals surface area (Å²) >= 11 is 2.49. The minimum absolute atomic E-state index is 0.346. The molecule has 1 N–H and O–H groups in total. The fourth-order valence-electron chi connectivity index (χ4n) is 2.47. The van der Waals surface area contributed by atoms with Gasteiger partial charge in [0.25, 0.3) is 5.91 Å². The fourth-order valence-corrected chi connectivity index (χ4v) is 4.34. The molecule has 1 saturated carbocycles. The summed E-state index contributed by atoms with van der Waals surface area (Å²) in [6, 6.07) is 4.73. The molecule has 0 radical (unpaired) electrons. The number of hydrogen-bond acceptors (Lipinski definition) is 6. The van der Waals surface area contributed by atoms with E-state index in [2.05, 4.69) is 20.5 Å². The Kier molecular flexibility index (Phi) is 4.47. The molecular weight excluding hydrogens is 397 g/mol. The molecule has 1 aliphatic rings. The van der Waals surface area contributed by atoms with Gasteiger partial charge in [-0.1, -0.05) is 23.5 Å². The number of halogens is 3. The van der Waals surface area contributed by atoms with Gasteiger partial charge < -0.3 is 0 Å². The lowest BCUT2D eigenvalue weighted by Crippen LogP contribution is -2.11. The van der Waals surface area contributed by atoms with Gasteiger partial charge in [0.15, 0.2) is 0 Å². The molecular formula is C17H13F3N4OS2. The number of anilines is 1. The number of hydrogen-bond donors (Lipinski definition) is 1. The maximum atomic E-state index is 12.7. The first-order valence-electron chi connectivity index (χ1n) is 8.11. The Hall–Kier alpha value is -2.33. The molecule has 3 aromatic rings. The molecule has 10 heteroatoms. The van der Waals surface area contributed by atoms with Crippen LogP contribution in [-0.4, -0.2) is 21.1 Å². The Bertz CT molecular complexity index is 991. The van der Waals surface area contributed by atoms with E-state index in [1.165, 1.54) is 23.5 Å². The number of nitrogens with one attached hydrogen (secondary N) is 1. The number of rotatable bonds is 4. The maximum absolute atomic E-state index is 12.7. The number of aryl methyl sites for hydroxylation is 1. The Morgan fingerprint density at radius 2 is 1.85 bits per heavy atom. The van der Waals surface area contributed by atoms with Crippen molar-refractivity contribution < 1.29 is 18.0 Å². The van der Waals surface area contributed by atoms with E-state index in [1.807, 2.05) is 0 Å². The fraction of sp³-hybridized carbons (Fsp3) is 0.294. The SMILES string of the molecule is Cc1nc(-c2ccc(C(F)(F)F)cc2)sc1C(=O)Nc1nnc(C2CC2)s1. The van der Waals surface area contributed by atoms with Crippen LogP contribution in [0.5, 0.6) is 0 Å². The van der Waals surface area contributed by atoms with Gasteiger partial charge in [0.1, 0.15) is 14.9 Å². The zero-order chi connectivity index (χ0) is 19.2. The quantitative estimate of drug-likeness (QED) is 0.648. The first-order chi connectivity index (χ1) is 12.8. The minimum Gasteiger partial charge on any atom is -0.296 e. The highest BCUT2D eigenvalue weighted by atomic mass is 32.1. The summed E-state index contributed by atoms with van der Waals surface area (Å²) in [6.45, 7) is 1.69. The van der Waals surface area contributed by atoms with Gasteiger partial charge in [0.2, 0.25) is 5.13 Å². The standard InChI is InChI=1S/C17H13F3N4OS2/c1-8-12(13(25)22-16-24-23-15(27-16)10-2-3-10)26-14(21-8)9-4-6-11(7-5-9)17(18,19)20/h4-7,10H,2-3H2,1H3,(H,22,24,25). The van der Waals surface area contributed by atoms with Crippen LogP contribution in [0, 0.1) is 6.92 Å². The molecule has 0 atom stereocenters. The predicted molar refractivity (Wildman–Crippen MR) is 97.1 cm³/mol. The van der Waals surface area contributed by atoms with Crippen molar-refractivity contribution in [3.63, 3.8) is 0 Å². The van der Waals surface area contributed by atoms with Crippen LogP contribution < -0.4 is 5.32 Å². The summed E-state index contributed by atoms with van der Waals surface area (Å²) in [5, 5.41) is 12.6. The third-order valence-corrected chi connectivity index (χ3v) is 6.26. The minimum atomic E-state index is -4.39. The van der Waals surface area contributed by atoms with Crippen molar-refractivity contribution in [3.8, 4) is 10.6 Å². The van der Waals surface area contributed by atoms with Crippen LogP contribution >= 0.6 is 22.7 Å². The van der Waals surface area contributed by atoms with E-state index in [1.54, 1.807) is 6.92 Å². The van der Waals surface area contributed by atoms with E-state index in [-0.39, 0.29) is 5.91 Å². The van der Waals surface area contributed by atoms with Crippen molar-refractivity contribution in [2.45, 2.75) is 31.9 Å². The van der Waals surface area contributed by atoms with Crippen molar-refractivity contribution in [2.75, 3.05) is 5.32 Å². The Morgan fingerprint density at radius 1 is 1.15 bits per heavy atom. The molecule has 1 fully saturated rings. The van der Waals surface area contributed by atoms with Crippen LogP contribution in [0.4, 0.5) is 18.3 Å². The molecule has 27 heavy (non-hydrogen) atoms. The molecule has 1 amide bonds. The zero-order valence-electron chi connectivity index (χ0n) is 14.0. The third kappa shape index (κ3) is 3.86. The van der Waals surface area contributed by atoms with Crippen LogP contribution in [-0.2, 0) is 6.18 Å². The lowest BCUT2D eigenvalue weighted by molar-refractivity contribution is -0.137. The number of nitrogens with zero attached hydrogens (tertiary/aromatic N) is 3. The number of alkyl halides is 3. The van der Waals surface area contributed by atoms with E-state index in [9.17, 15) is 18.0 Å². The molecule has 2 aromatic heterocycles. The van der Waals surface area contributed by atoms with Gasteiger partial charge in [-0.15, -0.1) is 21.5 Å². The number of carbonyl (C=O) groups excluding carboxylic acids is 1. The summed E-state index contributed by atoms with van der Waals surface area (Å²) in [7, 11) is 0. The highest BCUT2D eigenvalue weighted by Crippen LogP contribution is 2.42. The first-order valence-corrected chi connectivity index (χ1v) is 9.74. The van der Waals surface area contributed by atoms with E-state index >= 15 is 0 Å². The van der Waals surface area contributed by atoms with E-state index in [0.717, 1.165) is 41.3 Å². The van der Waals surface area contributed by atoms with E-state index in [0.29, 0.717) is 32.2 Å². The lowest BCUT2D eigenvalue weighted by Gasteiger charge is -2.06. The molecule has 0 bridgehead atoms. The van der Waals surface area contributed by atoms with Gasteiger partial charge in [0.05, 0.1) is 11.3 Å². The highest BCUT2D eigenvalue weighted by Gasteiger charge is 2.30. The molecule has 0 unspecified atom stereocenters. The second kappa shape index (κ2) is 6.68. The lowest BCUT2D eigenvalue weighted by atomic mass is 10.1. The van der Waals surface area contributed by atoms with E-state index < -0.39 is 11.7 Å². The number of carbonyl (C=O) groups is 1. The predicted octanol–water partition coefficient (Wildman–Crippen LogP) is 5.12. The normalized spacial score (nSPS) is 14.4. The topological polar surface area (TPSA) is 67.8 Å². The van der Waals surface area contributed by atoms with Gasteiger partial charge >= 0.3 is 6.18 Å². The summed E-state index contributed by atoms with van der Waals surface area (Å²) in [5.41, 5.74) is 0.321. The Balaban J connectivity index is 1.52. The number of thiazole rings is 1. The maximum Gasteiger partial charge on any atom is 0.416 e. The Morgan fingerprint density at radius 3 is 2.48 bits per heavy atom.